The number of ether oxygens (including phenoxy) is 2. The van der Waals surface area contributed by atoms with Crippen LogP contribution in [0.3, 0.4) is 0 Å². The molecule has 1 aromatic carbocycles. The van der Waals surface area contributed by atoms with Gasteiger partial charge in [-0.15, -0.1) is 0 Å². The van der Waals surface area contributed by atoms with Crippen LogP contribution in [0.15, 0.2) is 24.4 Å². The number of piperidine rings is 1. The minimum absolute atomic E-state index is 0.0128. The molecule has 140 valence electrons. The van der Waals surface area contributed by atoms with Gasteiger partial charge >= 0.3 is 0 Å². The van der Waals surface area contributed by atoms with E-state index < -0.39 is 0 Å². The second kappa shape index (κ2) is 7.91. The van der Waals surface area contributed by atoms with E-state index in [0.717, 1.165) is 38.2 Å². The summed E-state index contributed by atoms with van der Waals surface area (Å²) in [7, 11) is 5.12. The molecule has 6 nitrogen and oxygen atoms in total. The molecule has 1 atom stereocenters. The van der Waals surface area contributed by atoms with E-state index in [1.807, 2.05) is 24.7 Å². The number of nitrogens with zero attached hydrogens (tertiary/aromatic N) is 3. The topological polar surface area (TPSA) is 56.6 Å². The molecule has 2 heterocycles. The quantitative estimate of drug-likeness (QED) is 0.744. The number of methoxy groups -OCH3 is 2. The maximum absolute atomic E-state index is 13.0. The fourth-order valence-electron chi connectivity index (χ4n) is 3.68. The van der Waals surface area contributed by atoms with Gasteiger partial charge in [-0.2, -0.15) is 5.10 Å². The van der Waals surface area contributed by atoms with Crippen molar-refractivity contribution >= 4 is 5.78 Å². The van der Waals surface area contributed by atoms with Crippen molar-refractivity contribution < 1.29 is 14.3 Å². The molecule has 0 radical (unpaired) electrons. The van der Waals surface area contributed by atoms with Crippen molar-refractivity contribution in [3.63, 3.8) is 0 Å². The van der Waals surface area contributed by atoms with Crippen LogP contribution >= 0.6 is 0 Å². The molecular formula is C20H27N3O3. The second-order valence-corrected chi connectivity index (χ2v) is 6.92. The SMILES string of the molecule is COc1ccc(C(=O)C2CCCN(Cc3cn(C)nc3C)C2)cc1OC. The molecule has 0 bridgehead atoms. The van der Waals surface area contributed by atoms with Gasteiger partial charge < -0.3 is 9.47 Å². The molecule has 0 saturated carbocycles. The third-order valence-electron chi connectivity index (χ3n) is 5.05. The van der Waals surface area contributed by atoms with Crippen molar-refractivity contribution in [3.05, 3.63) is 41.2 Å². The van der Waals surface area contributed by atoms with Gasteiger partial charge in [0.2, 0.25) is 0 Å². The molecular weight excluding hydrogens is 330 g/mol. The van der Waals surface area contributed by atoms with Crippen molar-refractivity contribution in [3.8, 4) is 11.5 Å². The summed E-state index contributed by atoms with van der Waals surface area (Å²) in [5.41, 5.74) is 2.97. The van der Waals surface area contributed by atoms with Crippen LogP contribution in [-0.2, 0) is 13.6 Å². The molecule has 1 unspecified atom stereocenters. The highest BCUT2D eigenvalue weighted by Gasteiger charge is 2.27. The number of ketones is 1. The summed E-state index contributed by atoms with van der Waals surface area (Å²) >= 11 is 0. The number of aryl methyl sites for hydroxylation is 2. The fraction of sp³-hybridized carbons (Fsp3) is 0.500. The van der Waals surface area contributed by atoms with Gasteiger partial charge in [-0.3, -0.25) is 14.4 Å². The predicted molar refractivity (Wildman–Crippen MR) is 99.8 cm³/mol. The molecule has 1 saturated heterocycles. The van der Waals surface area contributed by atoms with E-state index in [2.05, 4.69) is 16.2 Å². The Hall–Kier alpha value is -2.34. The number of benzene rings is 1. The minimum Gasteiger partial charge on any atom is -0.493 e. The molecule has 26 heavy (non-hydrogen) atoms. The van der Waals surface area contributed by atoms with E-state index in [9.17, 15) is 4.79 Å². The first-order valence-electron chi connectivity index (χ1n) is 8.99. The highest BCUT2D eigenvalue weighted by Crippen LogP contribution is 2.30. The van der Waals surface area contributed by atoms with Gasteiger partial charge in [0.25, 0.3) is 0 Å². The molecule has 0 spiro atoms. The molecule has 0 N–H and O–H groups in total. The monoisotopic (exact) mass is 357 g/mol. The number of Topliss-reactive ketones (excluding diaryl/α,β-unsaturated/α-hetero) is 1. The van der Waals surface area contributed by atoms with Crippen LogP contribution in [0, 0.1) is 12.8 Å². The number of carbonyl (C=O) groups is 1. The highest BCUT2D eigenvalue weighted by atomic mass is 16.5. The first-order chi connectivity index (χ1) is 12.5. The van der Waals surface area contributed by atoms with Crippen LogP contribution in [0.4, 0.5) is 0 Å². The smallest absolute Gasteiger partial charge is 0.167 e. The summed E-state index contributed by atoms with van der Waals surface area (Å²) in [6.07, 6.45) is 4.02. The Balaban J connectivity index is 1.70. The average molecular weight is 357 g/mol. The van der Waals surface area contributed by atoms with E-state index in [1.165, 1.54) is 5.56 Å². The Morgan fingerprint density at radius 3 is 2.69 bits per heavy atom. The lowest BCUT2D eigenvalue weighted by Crippen LogP contribution is -2.38. The molecule has 1 fully saturated rings. The van der Waals surface area contributed by atoms with E-state index in [-0.39, 0.29) is 11.7 Å². The van der Waals surface area contributed by atoms with Gasteiger partial charge in [0.1, 0.15) is 0 Å². The highest BCUT2D eigenvalue weighted by molar-refractivity contribution is 5.98. The zero-order chi connectivity index (χ0) is 18.7. The van der Waals surface area contributed by atoms with Crippen LogP contribution in [0.5, 0.6) is 11.5 Å². The molecule has 3 rings (SSSR count). The number of carbonyl (C=O) groups excluding carboxylic acids is 1. The van der Waals surface area contributed by atoms with Crippen molar-refractivity contribution in [1.82, 2.24) is 14.7 Å². The van der Waals surface area contributed by atoms with E-state index in [4.69, 9.17) is 9.47 Å². The third-order valence-corrected chi connectivity index (χ3v) is 5.05. The zero-order valence-corrected chi connectivity index (χ0v) is 16.0. The summed E-state index contributed by atoms with van der Waals surface area (Å²) < 4.78 is 12.4. The lowest BCUT2D eigenvalue weighted by atomic mass is 9.89. The van der Waals surface area contributed by atoms with E-state index >= 15 is 0 Å². The Labute approximate surface area is 154 Å². The Kier molecular flexibility index (Phi) is 5.61. The maximum atomic E-state index is 13.0. The summed E-state index contributed by atoms with van der Waals surface area (Å²) in [6, 6.07) is 5.41. The fourth-order valence-corrected chi connectivity index (χ4v) is 3.68. The Bertz CT molecular complexity index is 785. The first kappa shape index (κ1) is 18.5. The molecule has 1 aliphatic rings. The summed E-state index contributed by atoms with van der Waals surface area (Å²) in [6.45, 7) is 4.67. The van der Waals surface area contributed by atoms with Crippen molar-refractivity contribution in [2.45, 2.75) is 26.3 Å². The van der Waals surface area contributed by atoms with Gasteiger partial charge in [-0.25, -0.2) is 0 Å². The molecule has 6 heteroatoms. The van der Waals surface area contributed by atoms with Gasteiger partial charge in [-0.1, -0.05) is 0 Å². The van der Waals surface area contributed by atoms with Crippen LogP contribution in [0.2, 0.25) is 0 Å². The lowest BCUT2D eigenvalue weighted by Gasteiger charge is -2.32. The van der Waals surface area contributed by atoms with Crippen LogP contribution in [-0.4, -0.2) is 47.8 Å². The average Bonchev–Trinajstić information content (AvgIpc) is 2.97. The van der Waals surface area contributed by atoms with Gasteiger partial charge in [0.15, 0.2) is 17.3 Å². The number of rotatable bonds is 6. The molecule has 2 aromatic rings. The van der Waals surface area contributed by atoms with Crippen molar-refractivity contribution in [1.29, 1.82) is 0 Å². The third kappa shape index (κ3) is 3.90. The normalized spacial score (nSPS) is 17.9. The molecule has 0 amide bonds. The second-order valence-electron chi connectivity index (χ2n) is 6.92. The first-order valence-corrected chi connectivity index (χ1v) is 8.99. The summed E-state index contributed by atoms with van der Waals surface area (Å²) in [4.78, 5) is 15.4. The van der Waals surface area contributed by atoms with Gasteiger partial charge in [-0.05, 0) is 44.5 Å². The standard InChI is InChI=1S/C20H27N3O3/c1-14-17(11-22(2)21-14)13-23-9-5-6-16(12-23)20(24)15-7-8-18(25-3)19(10-15)26-4/h7-8,10-11,16H,5-6,9,12-13H2,1-4H3. The summed E-state index contributed by atoms with van der Waals surface area (Å²) in [5.74, 6) is 1.43. The zero-order valence-electron chi connectivity index (χ0n) is 16.0. The number of likely N-dealkylation sites (tertiary alicyclic amines) is 1. The molecule has 1 aromatic heterocycles. The minimum atomic E-state index is 0.0128. The van der Waals surface area contributed by atoms with E-state index in [1.54, 1.807) is 26.4 Å². The Morgan fingerprint density at radius 2 is 2.04 bits per heavy atom. The van der Waals surface area contributed by atoms with Gasteiger partial charge in [0.05, 0.1) is 19.9 Å². The van der Waals surface area contributed by atoms with Crippen molar-refractivity contribution in [2.24, 2.45) is 13.0 Å². The maximum Gasteiger partial charge on any atom is 0.167 e. The van der Waals surface area contributed by atoms with E-state index in [0.29, 0.717) is 17.1 Å². The summed E-state index contributed by atoms with van der Waals surface area (Å²) in [5, 5.41) is 4.41. The van der Waals surface area contributed by atoms with Crippen LogP contribution in [0.25, 0.3) is 0 Å². The van der Waals surface area contributed by atoms with Crippen LogP contribution in [0.1, 0.15) is 34.5 Å². The van der Waals surface area contributed by atoms with Crippen LogP contribution < -0.4 is 9.47 Å². The Morgan fingerprint density at radius 1 is 1.27 bits per heavy atom. The largest absolute Gasteiger partial charge is 0.493 e. The number of aromatic nitrogens is 2. The lowest BCUT2D eigenvalue weighted by molar-refractivity contribution is 0.0811. The molecule has 1 aliphatic heterocycles. The van der Waals surface area contributed by atoms with Crippen molar-refractivity contribution in [2.75, 3.05) is 27.3 Å². The van der Waals surface area contributed by atoms with Gasteiger partial charge in [0, 0.05) is 43.4 Å². The number of hydrogen-bond donors (Lipinski definition) is 0. The number of hydrogen-bond acceptors (Lipinski definition) is 5. The molecule has 0 aliphatic carbocycles. The predicted octanol–water partition coefficient (Wildman–Crippen LogP) is 2.84.